The summed E-state index contributed by atoms with van der Waals surface area (Å²) in [5.74, 6) is 0.447. The van der Waals surface area contributed by atoms with Crippen LogP contribution in [0.4, 0.5) is 5.69 Å². The van der Waals surface area contributed by atoms with Crippen LogP contribution in [0.1, 0.15) is 23.1 Å². The molecule has 0 aliphatic heterocycles. The Morgan fingerprint density at radius 3 is 2.47 bits per heavy atom. The Bertz CT molecular complexity index is 1190. The first kappa shape index (κ1) is 21.7. The maximum absolute atomic E-state index is 12.8. The van der Waals surface area contributed by atoms with Crippen molar-refractivity contribution in [3.8, 4) is 11.3 Å². The molecular formula is C21H19N3O4S2. The lowest BCUT2D eigenvalue weighted by Crippen LogP contribution is -2.13. The van der Waals surface area contributed by atoms with Crippen molar-refractivity contribution in [3.63, 3.8) is 0 Å². The average Bonchev–Trinajstić information content (AvgIpc) is 2.72. The molecule has 0 aliphatic carbocycles. The van der Waals surface area contributed by atoms with Gasteiger partial charge in [-0.2, -0.15) is 0 Å². The average molecular weight is 442 g/mol. The van der Waals surface area contributed by atoms with Gasteiger partial charge in [-0.25, -0.2) is 18.4 Å². The van der Waals surface area contributed by atoms with Crippen LogP contribution >= 0.6 is 11.8 Å². The molecule has 0 amide bonds. The SMILES string of the molecule is CC(=O)SCC(=O)c1ccc(NS(=O)(=O)c2cccc(-c3ccnc(C)n3)c2)cc1. The van der Waals surface area contributed by atoms with E-state index in [0.717, 1.165) is 11.8 Å². The van der Waals surface area contributed by atoms with Gasteiger partial charge in [0.25, 0.3) is 10.0 Å². The fourth-order valence-corrected chi connectivity index (χ4v) is 4.23. The van der Waals surface area contributed by atoms with E-state index in [-0.39, 0.29) is 21.5 Å². The maximum atomic E-state index is 12.8. The zero-order valence-electron chi connectivity index (χ0n) is 16.3. The van der Waals surface area contributed by atoms with E-state index in [9.17, 15) is 18.0 Å². The number of hydrogen-bond acceptors (Lipinski definition) is 7. The zero-order valence-corrected chi connectivity index (χ0v) is 18.0. The molecule has 1 N–H and O–H groups in total. The summed E-state index contributed by atoms with van der Waals surface area (Å²) in [5, 5.41) is -0.132. The molecule has 0 aliphatic rings. The molecule has 0 saturated carbocycles. The molecule has 0 unspecified atom stereocenters. The molecule has 154 valence electrons. The smallest absolute Gasteiger partial charge is 0.261 e. The molecular weight excluding hydrogens is 422 g/mol. The van der Waals surface area contributed by atoms with Crippen molar-refractivity contribution in [1.82, 2.24) is 9.97 Å². The van der Waals surface area contributed by atoms with Crippen molar-refractivity contribution in [3.05, 3.63) is 72.2 Å². The van der Waals surface area contributed by atoms with E-state index in [1.54, 1.807) is 37.4 Å². The first-order valence-electron chi connectivity index (χ1n) is 8.94. The Morgan fingerprint density at radius 2 is 1.80 bits per heavy atom. The third-order valence-corrected chi connectivity index (χ3v) is 6.27. The minimum absolute atomic E-state index is 0.0513. The molecule has 0 atom stereocenters. The largest absolute Gasteiger partial charge is 0.293 e. The number of benzene rings is 2. The van der Waals surface area contributed by atoms with E-state index in [1.807, 2.05) is 0 Å². The van der Waals surface area contributed by atoms with Crippen molar-refractivity contribution in [1.29, 1.82) is 0 Å². The molecule has 3 aromatic rings. The molecule has 0 radical (unpaired) electrons. The van der Waals surface area contributed by atoms with Gasteiger partial charge < -0.3 is 0 Å². The van der Waals surface area contributed by atoms with Gasteiger partial charge in [0.05, 0.1) is 16.3 Å². The number of thioether (sulfide) groups is 1. The molecule has 0 fully saturated rings. The van der Waals surface area contributed by atoms with Crippen LogP contribution in [0, 0.1) is 6.92 Å². The molecule has 7 nitrogen and oxygen atoms in total. The van der Waals surface area contributed by atoms with Crippen molar-refractivity contribution in [2.24, 2.45) is 0 Å². The van der Waals surface area contributed by atoms with Crippen LogP contribution in [0.2, 0.25) is 0 Å². The topological polar surface area (TPSA) is 106 Å². The van der Waals surface area contributed by atoms with Crippen LogP contribution in [0.25, 0.3) is 11.3 Å². The highest BCUT2D eigenvalue weighted by Gasteiger charge is 2.16. The number of ketones is 1. The zero-order chi connectivity index (χ0) is 21.7. The number of nitrogens with zero attached hydrogens (tertiary/aromatic N) is 2. The van der Waals surface area contributed by atoms with Gasteiger partial charge >= 0.3 is 0 Å². The summed E-state index contributed by atoms with van der Waals surface area (Å²) < 4.78 is 28.1. The number of hydrogen-bond donors (Lipinski definition) is 1. The number of Topliss-reactive ketones (excluding diaryl/α,β-unsaturated/α-hetero) is 1. The fourth-order valence-electron chi connectivity index (χ4n) is 2.63. The monoisotopic (exact) mass is 441 g/mol. The van der Waals surface area contributed by atoms with Crippen LogP contribution in [0.5, 0.6) is 0 Å². The van der Waals surface area contributed by atoms with Gasteiger partial charge in [-0.1, -0.05) is 23.9 Å². The molecule has 0 spiro atoms. The highest BCUT2D eigenvalue weighted by Crippen LogP contribution is 2.23. The van der Waals surface area contributed by atoms with Gasteiger partial charge in [0.15, 0.2) is 10.9 Å². The number of carbonyl (C=O) groups is 2. The highest BCUT2D eigenvalue weighted by atomic mass is 32.2. The van der Waals surface area contributed by atoms with Gasteiger partial charge in [-0.3, -0.25) is 14.3 Å². The summed E-state index contributed by atoms with van der Waals surface area (Å²) >= 11 is 0.937. The van der Waals surface area contributed by atoms with Gasteiger partial charge in [0.1, 0.15) is 5.82 Å². The van der Waals surface area contributed by atoms with E-state index in [0.29, 0.717) is 28.3 Å². The van der Waals surface area contributed by atoms with Crippen molar-refractivity contribution in [2.45, 2.75) is 18.7 Å². The maximum Gasteiger partial charge on any atom is 0.261 e. The quantitative estimate of drug-likeness (QED) is 0.557. The second-order valence-electron chi connectivity index (χ2n) is 6.40. The lowest BCUT2D eigenvalue weighted by molar-refractivity contribution is -0.109. The number of aromatic nitrogens is 2. The number of nitrogens with one attached hydrogen (secondary N) is 1. The number of sulfonamides is 1. The summed E-state index contributed by atoms with van der Waals surface area (Å²) in [4.78, 5) is 31.5. The first-order chi connectivity index (χ1) is 14.2. The summed E-state index contributed by atoms with van der Waals surface area (Å²) in [7, 11) is -3.84. The predicted octanol–water partition coefficient (Wildman–Crippen LogP) is 3.72. The van der Waals surface area contributed by atoms with Gasteiger partial charge in [0.2, 0.25) is 0 Å². The number of carbonyl (C=O) groups excluding carboxylic acids is 2. The summed E-state index contributed by atoms with van der Waals surface area (Å²) in [6.07, 6.45) is 1.62. The van der Waals surface area contributed by atoms with E-state index >= 15 is 0 Å². The van der Waals surface area contributed by atoms with Crippen LogP contribution in [0.3, 0.4) is 0 Å². The Labute approximate surface area is 179 Å². The lowest BCUT2D eigenvalue weighted by Gasteiger charge is -2.10. The molecule has 0 saturated heterocycles. The third kappa shape index (κ3) is 5.52. The second kappa shape index (κ2) is 9.19. The van der Waals surface area contributed by atoms with Crippen LogP contribution in [0.15, 0.2) is 65.7 Å². The number of aryl methyl sites for hydroxylation is 1. The minimum atomic E-state index is -3.84. The standard InChI is InChI=1S/C21H19N3O4S2/c1-14-22-11-10-20(23-14)17-4-3-5-19(12-17)30(27,28)24-18-8-6-16(7-9-18)21(26)13-29-15(2)25/h3-12,24H,13H2,1-2H3. The molecule has 1 aromatic heterocycles. The Balaban J connectivity index is 1.77. The van der Waals surface area contributed by atoms with Crippen molar-refractivity contribution >= 4 is 38.4 Å². The second-order valence-corrected chi connectivity index (χ2v) is 9.24. The van der Waals surface area contributed by atoms with E-state index in [2.05, 4.69) is 14.7 Å². The van der Waals surface area contributed by atoms with E-state index in [1.165, 1.54) is 37.3 Å². The molecule has 3 rings (SSSR count). The molecule has 1 heterocycles. The molecule has 9 heteroatoms. The normalized spacial score (nSPS) is 11.1. The predicted molar refractivity (Wildman–Crippen MR) is 117 cm³/mol. The molecule has 30 heavy (non-hydrogen) atoms. The van der Waals surface area contributed by atoms with E-state index < -0.39 is 10.0 Å². The van der Waals surface area contributed by atoms with Crippen molar-refractivity contribution < 1.29 is 18.0 Å². The fraction of sp³-hybridized carbons (Fsp3) is 0.143. The Kier molecular flexibility index (Phi) is 6.63. The van der Waals surface area contributed by atoms with Gasteiger partial charge in [-0.15, -0.1) is 0 Å². The Morgan fingerprint density at radius 1 is 1.07 bits per heavy atom. The van der Waals surface area contributed by atoms with Gasteiger partial charge in [0, 0.05) is 29.9 Å². The lowest BCUT2D eigenvalue weighted by atomic mass is 10.1. The van der Waals surface area contributed by atoms with Crippen molar-refractivity contribution in [2.75, 3.05) is 10.5 Å². The van der Waals surface area contributed by atoms with Crippen LogP contribution in [-0.2, 0) is 14.8 Å². The molecule has 2 aromatic carbocycles. The highest BCUT2D eigenvalue weighted by molar-refractivity contribution is 8.14. The van der Waals surface area contributed by atoms with Crippen LogP contribution < -0.4 is 4.72 Å². The summed E-state index contributed by atoms with van der Waals surface area (Å²) in [6, 6.07) is 14.3. The molecule has 0 bridgehead atoms. The summed E-state index contributed by atoms with van der Waals surface area (Å²) in [5.41, 5.74) is 2.03. The summed E-state index contributed by atoms with van der Waals surface area (Å²) in [6.45, 7) is 3.16. The first-order valence-corrected chi connectivity index (χ1v) is 11.4. The van der Waals surface area contributed by atoms with E-state index in [4.69, 9.17) is 0 Å². The number of anilines is 1. The Hall–Kier alpha value is -3.04. The minimum Gasteiger partial charge on any atom is -0.293 e. The number of rotatable bonds is 7. The third-order valence-electron chi connectivity index (χ3n) is 4.08. The van der Waals surface area contributed by atoms with Gasteiger partial charge in [-0.05, 0) is 49.4 Å². The van der Waals surface area contributed by atoms with Crippen LogP contribution in [-0.4, -0.2) is 35.0 Å².